The van der Waals surface area contributed by atoms with Gasteiger partial charge >= 0.3 is 6.09 Å². The molecular formula is C17H18N4O2. The number of piperidine rings is 1. The Hall–Kier alpha value is -2.81. The second-order valence-electron chi connectivity index (χ2n) is 6.04. The van der Waals surface area contributed by atoms with E-state index in [-0.39, 0.29) is 6.04 Å². The van der Waals surface area contributed by atoms with Crippen LogP contribution in [0.25, 0.3) is 10.9 Å². The minimum Gasteiger partial charge on any atom is -0.465 e. The maximum Gasteiger partial charge on any atom is 0.404 e. The Labute approximate surface area is 134 Å². The summed E-state index contributed by atoms with van der Waals surface area (Å²) in [6, 6.07) is 9.59. The van der Waals surface area contributed by atoms with E-state index in [0.717, 1.165) is 24.0 Å². The first kappa shape index (κ1) is 15.1. The van der Waals surface area contributed by atoms with Gasteiger partial charge in [-0.3, -0.25) is 4.98 Å². The SMILES string of the molecule is C[C@@H]1CC(NC(=O)O)CN(c2ccc(C#N)c3ncccc23)C1. The second-order valence-corrected chi connectivity index (χ2v) is 6.04. The molecule has 0 bridgehead atoms. The maximum absolute atomic E-state index is 10.9. The molecule has 1 aliphatic rings. The summed E-state index contributed by atoms with van der Waals surface area (Å²) >= 11 is 0. The molecule has 1 unspecified atom stereocenters. The Morgan fingerprint density at radius 2 is 2.26 bits per heavy atom. The van der Waals surface area contributed by atoms with Crippen LogP contribution in [0.4, 0.5) is 10.5 Å². The first-order valence-electron chi connectivity index (χ1n) is 7.60. The fourth-order valence-electron chi connectivity index (χ4n) is 3.35. The lowest BCUT2D eigenvalue weighted by atomic mass is 9.94. The molecule has 1 aromatic carbocycles. The monoisotopic (exact) mass is 310 g/mol. The third-order valence-corrected chi connectivity index (χ3v) is 4.20. The molecule has 118 valence electrons. The summed E-state index contributed by atoms with van der Waals surface area (Å²) in [5, 5.41) is 21.7. The summed E-state index contributed by atoms with van der Waals surface area (Å²) in [6.07, 6.45) is 1.52. The van der Waals surface area contributed by atoms with E-state index >= 15 is 0 Å². The normalized spacial score (nSPS) is 21.0. The fraction of sp³-hybridized carbons (Fsp3) is 0.353. The molecule has 1 saturated heterocycles. The van der Waals surface area contributed by atoms with Crippen molar-refractivity contribution in [2.75, 3.05) is 18.0 Å². The number of nitrogens with one attached hydrogen (secondary N) is 1. The molecule has 0 saturated carbocycles. The lowest BCUT2D eigenvalue weighted by Gasteiger charge is -2.38. The average molecular weight is 310 g/mol. The van der Waals surface area contributed by atoms with Crippen LogP contribution >= 0.6 is 0 Å². The van der Waals surface area contributed by atoms with Crippen molar-refractivity contribution < 1.29 is 9.90 Å². The van der Waals surface area contributed by atoms with Gasteiger partial charge in [0.25, 0.3) is 0 Å². The predicted octanol–water partition coefficient (Wildman–Crippen LogP) is 2.59. The van der Waals surface area contributed by atoms with Crippen molar-refractivity contribution in [1.82, 2.24) is 10.3 Å². The fourth-order valence-corrected chi connectivity index (χ4v) is 3.35. The van der Waals surface area contributed by atoms with E-state index in [1.807, 2.05) is 18.2 Å². The minimum absolute atomic E-state index is 0.0985. The Bertz CT molecular complexity index is 784. The van der Waals surface area contributed by atoms with E-state index in [1.54, 1.807) is 12.3 Å². The van der Waals surface area contributed by atoms with Gasteiger partial charge in [0, 0.05) is 36.4 Å². The standard InChI is InChI=1S/C17H18N4O2/c1-11-7-13(20-17(22)23)10-21(9-11)15-5-4-12(8-18)16-14(15)3-2-6-19-16/h2-6,11,13,20H,7,9-10H2,1H3,(H,22,23)/t11-,13?/m1/s1. The highest BCUT2D eigenvalue weighted by Crippen LogP contribution is 2.31. The lowest BCUT2D eigenvalue weighted by molar-refractivity contribution is 0.186. The molecule has 2 N–H and O–H groups in total. The number of fused-ring (bicyclic) bond motifs is 1. The van der Waals surface area contributed by atoms with Gasteiger partial charge in [-0.25, -0.2) is 4.79 Å². The number of benzene rings is 1. The summed E-state index contributed by atoms with van der Waals surface area (Å²) in [4.78, 5) is 17.5. The third-order valence-electron chi connectivity index (χ3n) is 4.20. The number of nitrogens with zero attached hydrogens (tertiary/aromatic N) is 3. The van der Waals surface area contributed by atoms with Gasteiger partial charge in [0.2, 0.25) is 0 Å². The van der Waals surface area contributed by atoms with Crippen LogP contribution in [0.2, 0.25) is 0 Å². The van der Waals surface area contributed by atoms with E-state index in [4.69, 9.17) is 5.11 Å². The topological polar surface area (TPSA) is 89.2 Å². The van der Waals surface area contributed by atoms with Crippen LogP contribution in [0.15, 0.2) is 30.5 Å². The number of carboxylic acid groups (broad SMARTS) is 1. The smallest absolute Gasteiger partial charge is 0.404 e. The maximum atomic E-state index is 10.9. The molecule has 1 fully saturated rings. The van der Waals surface area contributed by atoms with Gasteiger partial charge in [0.05, 0.1) is 11.1 Å². The molecule has 6 nitrogen and oxygen atoms in total. The highest BCUT2D eigenvalue weighted by Gasteiger charge is 2.27. The van der Waals surface area contributed by atoms with E-state index < -0.39 is 6.09 Å². The number of aromatic nitrogens is 1. The van der Waals surface area contributed by atoms with Crippen molar-refractivity contribution >= 4 is 22.7 Å². The molecule has 0 aliphatic carbocycles. The number of rotatable bonds is 2. The lowest BCUT2D eigenvalue weighted by Crippen LogP contribution is -2.50. The Morgan fingerprint density at radius 1 is 1.43 bits per heavy atom. The van der Waals surface area contributed by atoms with Gasteiger partial charge in [0.15, 0.2) is 0 Å². The zero-order valence-corrected chi connectivity index (χ0v) is 12.9. The predicted molar refractivity (Wildman–Crippen MR) is 87.4 cm³/mol. The van der Waals surface area contributed by atoms with Crippen LogP contribution in [0.1, 0.15) is 18.9 Å². The third kappa shape index (κ3) is 3.04. The second kappa shape index (κ2) is 6.13. The van der Waals surface area contributed by atoms with Crippen LogP contribution in [0, 0.1) is 17.2 Å². The number of amides is 1. The molecule has 0 spiro atoms. The number of nitriles is 1. The number of hydrogen-bond donors (Lipinski definition) is 2. The van der Waals surface area contributed by atoms with Crippen LogP contribution in [-0.4, -0.2) is 35.3 Å². The van der Waals surface area contributed by atoms with Crippen LogP contribution in [0.5, 0.6) is 0 Å². The van der Waals surface area contributed by atoms with Gasteiger partial charge in [-0.2, -0.15) is 5.26 Å². The highest BCUT2D eigenvalue weighted by molar-refractivity contribution is 5.95. The molecular weight excluding hydrogens is 292 g/mol. The van der Waals surface area contributed by atoms with Crippen molar-refractivity contribution in [2.45, 2.75) is 19.4 Å². The van der Waals surface area contributed by atoms with E-state index in [9.17, 15) is 10.1 Å². The Kier molecular flexibility index (Phi) is 4.02. The first-order valence-corrected chi connectivity index (χ1v) is 7.60. The number of carbonyl (C=O) groups is 1. The van der Waals surface area contributed by atoms with Crippen LogP contribution < -0.4 is 10.2 Å². The molecule has 1 amide bonds. The zero-order chi connectivity index (χ0) is 16.4. The number of anilines is 1. The van der Waals surface area contributed by atoms with Crippen molar-refractivity contribution in [2.24, 2.45) is 5.92 Å². The summed E-state index contributed by atoms with van der Waals surface area (Å²) in [5.41, 5.74) is 2.24. The molecule has 0 radical (unpaired) electrons. The van der Waals surface area contributed by atoms with Gasteiger partial charge < -0.3 is 15.3 Å². The van der Waals surface area contributed by atoms with E-state index in [2.05, 4.69) is 28.2 Å². The summed E-state index contributed by atoms with van der Waals surface area (Å²) in [6.45, 7) is 3.59. The summed E-state index contributed by atoms with van der Waals surface area (Å²) < 4.78 is 0. The molecule has 6 heteroatoms. The molecule has 2 atom stereocenters. The van der Waals surface area contributed by atoms with Gasteiger partial charge in [0.1, 0.15) is 6.07 Å². The van der Waals surface area contributed by atoms with Crippen LogP contribution in [0.3, 0.4) is 0 Å². The molecule has 1 aromatic heterocycles. The van der Waals surface area contributed by atoms with Crippen LogP contribution in [-0.2, 0) is 0 Å². The van der Waals surface area contributed by atoms with Crippen molar-refractivity contribution in [3.8, 4) is 6.07 Å². The van der Waals surface area contributed by atoms with Crippen molar-refractivity contribution in [1.29, 1.82) is 5.26 Å². The zero-order valence-electron chi connectivity index (χ0n) is 12.9. The average Bonchev–Trinajstić information content (AvgIpc) is 2.52. The molecule has 2 aromatic rings. The largest absolute Gasteiger partial charge is 0.465 e. The minimum atomic E-state index is -0.990. The van der Waals surface area contributed by atoms with E-state index in [0.29, 0.717) is 23.5 Å². The van der Waals surface area contributed by atoms with Crippen molar-refractivity contribution in [3.05, 3.63) is 36.0 Å². The Morgan fingerprint density at radius 3 is 3.00 bits per heavy atom. The number of hydrogen-bond acceptors (Lipinski definition) is 4. The molecule has 2 heterocycles. The molecule has 23 heavy (non-hydrogen) atoms. The van der Waals surface area contributed by atoms with E-state index in [1.165, 1.54) is 0 Å². The quantitative estimate of drug-likeness (QED) is 0.890. The van der Waals surface area contributed by atoms with Gasteiger partial charge in [-0.15, -0.1) is 0 Å². The number of pyridine rings is 1. The summed E-state index contributed by atoms with van der Waals surface area (Å²) in [7, 11) is 0. The first-order chi connectivity index (χ1) is 11.1. The highest BCUT2D eigenvalue weighted by atomic mass is 16.4. The summed E-state index contributed by atoms with van der Waals surface area (Å²) in [5.74, 6) is 0.378. The van der Waals surface area contributed by atoms with Crippen molar-refractivity contribution in [3.63, 3.8) is 0 Å². The molecule has 3 rings (SSSR count). The molecule has 1 aliphatic heterocycles. The Balaban J connectivity index is 1.99. The van der Waals surface area contributed by atoms with Gasteiger partial charge in [-0.1, -0.05) is 6.92 Å². The van der Waals surface area contributed by atoms with Gasteiger partial charge in [-0.05, 0) is 36.6 Å².